The quantitative estimate of drug-likeness (QED) is 0.335. The van der Waals surface area contributed by atoms with Gasteiger partial charge in [0.15, 0.2) is 0 Å². The van der Waals surface area contributed by atoms with Crippen LogP contribution >= 0.6 is 0 Å². The number of carbonyl (C=O) groups is 4. The number of benzene rings is 3. The monoisotopic (exact) mass is 581 g/mol. The van der Waals surface area contributed by atoms with Crippen LogP contribution in [-0.4, -0.2) is 47.6 Å². The van der Waals surface area contributed by atoms with Crippen LogP contribution in [0.1, 0.15) is 35.1 Å². The summed E-state index contributed by atoms with van der Waals surface area (Å²) in [6.07, 6.45) is -4.75. The molecule has 1 aliphatic heterocycles. The summed E-state index contributed by atoms with van der Waals surface area (Å²) in [4.78, 5) is 53.4. The molecule has 3 aromatic carbocycles. The van der Waals surface area contributed by atoms with E-state index in [2.05, 4.69) is 10.6 Å². The van der Waals surface area contributed by atoms with Gasteiger partial charge in [0.25, 0.3) is 5.91 Å². The molecule has 3 aromatic rings. The average Bonchev–Trinajstić information content (AvgIpc) is 3.35. The van der Waals surface area contributed by atoms with Gasteiger partial charge in [0, 0.05) is 24.9 Å². The van der Waals surface area contributed by atoms with E-state index in [-0.39, 0.29) is 37.1 Å². The van der Waals surface area contributed by atoms with Crippen LogP contribution in [0.4, 0.5) is 13.2 Å². The molecule has 0 aliphatic carbocycles. The highest BCUT2D eigenvalue weighted by atomic mass is 19.4. The summed E-state index contributed by atoms with van der Waals surface area (Å²) in [6, 6.07) is 18.7. The van der Waals surface area contributed by atoms with Gasteiger partial charge in [-0.05, 0) is 29.7 Å². The van der Waals surface area contributed by atoms with E-state index >= 15 is 0 Å². The highest BCUT2D eigenvalue weighted by Crippen LogP contribution is 2.37. The maximum atomic E-state index is 13.8. The van der Waals surface area contributed by atoms with Gasteiger partial charge >= 0.3 is 6.18 Å². The molecule has 1 fully saturated rings. The summed E-state index contributed by atoms with van der Waals surface area (Å²) in [5.74, 6) is -3.11. The number of ether oxygens (including phenoxy) is 1. The van der Waals surface area contributed by atoms with E-state index in [1.165, 1.54) is 19.2 Å². The molecule has 1 unspecified atom stereocenters. The van der Waals surface area contributed by atoms with E-state index in [9.17, 15) is 32.3 Å². The van der Waals surface area contributed by atoms with E-state index in [4.69, 9.17) is 4.74 Å². The van der Waals surface area contributed by atoms with Crippen LogP contribution in [-0.2, 0) is 44.9 Å². The van der Waals surface area contributed by atoms with Crippen LogP contribution in [0.3, 0.4) is 0 Å². The largest absolute Gasteiger partial charge is 0.496 e. The molecule has 0 spiro atoms. The van der Waals surface area contributed by atoms with Crippen molar-refractivity contribution >= 4 is 23.5 Å². The normalized spacial score (nSPS) is 15.7. The summed E-state index contributed by atoms with van der Waals surface area (Å²) >= 11 is 0. The Morgan fingerprint density at radius 2 is 1.60 bits per heavy atom. The molecule has 0 bridgehead atoms. The molecule has 2 atom stereocenters. The molecule has 42 heavy (non-hydrogen) atoms. The first-order valence-corrected chi connectivity index (χ1v) is 13.3. The van der Waals surface area contributed by atoms with Crippen LogP contribution in [0.15, 0.2) is 78.9 Å². The topological polar surface area (TPSA) is 105 Å². The molecule has 0 radical (unpaired) electrons. The standard InChI is InChI=1S/C31H30F3N3O5/c1-42-26-14-8-13-23(31(32,33)34)22(26)19-37-25(15-16-27(37)38)29(40)36-24(17-20-9-4-2-5-10-20)28(39)30(41)35-18-21-11-6-3-7-12-21/h2-14,24-25H,15-19H2,1H3,(H,35,41)(H,36,40)/t24-,25?/m1/s1. The summed E-state index contributed by atoms with van der Waals surface area (Å²) < 4.78 is 46.5. The van der Waals surface area contributed by atoms with Crippen molar-refractivity contribution in [1.29, 1.82) is 0 Å². The maximum absolute atomic E-state index is 13.8. The first-order chi connectivity index (χ1) is 20.1. The van der Waals surface area contributed by atoms with E-state index in [1.54, 1.807) is 54.6 Å². The third-order valence-corrected chi connectivity index (χ3v) is 7.05. The second kappa shape index (κ2) is 13.3. The molecule has 8 nitrogen and oxygen atoms in total. The minimum Gasteiger partial charge on any atom is -0.496 e. The number of ketones is 1. The highest BCUT2D eigenvalue weighted by molar-refractivity contribution is 6.38. The molecule has 0 saturated carbocycles. The molecular formula is C31H30F3N3O5. The molecular weight excluding hydrogens is 551 g/mol. The maximum Gasteiger partial charge on any atom is 0.416 e. The predicted octanol–water partition coefficient (Wildman–Crippen LogP) is 3.82. The Kier molecular flexibility index (Phi) is 9.61. The van der Waals surface area contributed by atoms with Gasteiger partial charge < -0.3 is 20.3 Å². The van der Waals surface area contributed by atoms with Gasteiger partial charge in [0.2, 0.25) is 17.6 Å². The number of likely N-dealkylation sites (tertiary alicyclic amines) is 1. The Balaban J connectivity index is 1.54. The van der Waals surface area contributed by atoms with Crippen molar-refractivity contribution in [3.63, 3.8) is 0 Å². The van der Waals surface area contributed by atoms with Crippen LogP contribution in [0.5, 0.6) is 5.75 Å². The fourth-order valence-electron chi connectivity index (χ4n) is 4.91. The van der Waals surface area contributed by atoms with Crippen molar-refractivity contribution in [1.82, 2.24) is 15.5 Å². The number of alkyl halides is 3. The molecule has 2 N–H and O–H groups in total. The van der Waals surface area contributed by atoms with Crippen molar-refractivity contribution < 1.29 is 37.1 Å². The number of Topliss-reactive ketones (excluding diaryl/α,β-unsaturated/α-hetero) is 1. The minimum atomic E-state index is -4.72. The molecule has 1 saturated heterocycles. The van der Waals surface area contributed by atoms with Gasteiger partial charge in [-0.15, -0.1) is 0 Å². The number of methoxy groups -OCH3 is 1. The lowest BCUT2D eigenvalue weighted by atomic mass is 10.0. The summed E-state index contributed by atoms with van der Waals surface area (Å²) in [5, 5.41) is 5.16. The molecule has 11 heteroatoms. The molecule has 3 amide bonds. The zero-order chi connectivity index (χ0) is 30.3. The first kappa shape index (κ1) is 30.3. The number of carbonyl (C=O) groups excluding carboxylic acids is 4. The Bertz CT molecular complexity index is 1430. The Labute approximate surface area is 240 Å². The lowest BCUT2D eigenvalue weighted by Crippen LogP contribution is -2.53. The Morgan fingerprint density at radius 1 is 0.952 bits per heavy atom. The van der Waals surface area contributed by atoms with Gasteiger partial charge in [-0.25, -0.2) is 0 Å². The molecule has 1 heterocycles. The molecule has 4 rings (SSSR count). The number of amides is 3. The minimum absolute atomic E-state index is 0.00440. The highest BCUT2D eigenvalue weighted by Gasteiger charge is 2.41. The van der Waals surface area contributed by atoms with Crippen molar-refractivity contribution in [2.45, 2.75) is 50.6 Å². The van der Waals surface area contributed by atoms with Gasteiger partial charge in [-0.3, -0.25) is 19.2 Å². The summed E-state index contributed by atoms with van der Waals surface area (Å²) in [7, 11) is 1.22. The van der Waals surface area contributed by atoms with E-state index < -0.39 is 53.9 Å². The van der Waals surface area contributed by atoms with E-state index in [1.807, 2.05) is 6.07 Å². The van der Waals surface area contributed by atoms with Crippen LogP contribution in [0.25, 0.3) is 0 Å². The van der Waals surface area contributed by atoms with Crippen LogP contribution in [0.2, 0.25) is 0 Å². The van der Waals surface area contributed by atoms with E-state index in [0.717, 1.165) is 16.5 Å². The SMILES string of the molecule is COc1cccc(C(F)(F)F)c1CN1C(=O)CCC1C(=O)N[C@H](Cc1ccccc1)C(=O)C(=O)NCc1ccccc1. The molecule has 1 aliphatic rings. The summed E-state index contributed by atoms with van der Waals surface area (Å²) in [6.45, 7) is -0.423. The smallest absolute Gasteiger partial charge is 0.416 e. The Hall–Kier alpha value is -4.67. The van der Waals surface area contributed by atoms with Gasteiger partial charge in [-0.1, -0.05) is 66.7 Å². The lowest BCUT2D eigenvalue weighted by molar-refractivity contribution is -0.142. The molecule has 220 valence electrons. The average molecular weight is 582 g/mol. The fraction of sp³-hybridized carbons (Fsp3) is 0.290. The number of halogens is 3. The fourth-order valence-corrected chi connectivity index (χ4v) is 4.91. The van der Waals surface area contributed by atoms with Gasteiger partial charge in [-0.2, -0.15) is 13.2 Å². The first-order valence-electron chi connectivity index (χ1n) is 13.3. The summed E-state index contributed by atoms with van der Waals surface area (Å²) in [5.41, 5.74) is 0.192. The van der Waals surface area contributed by atoms with Crippen LogP contribution in [0, 0.1) is 0 Å². The predicted molar refractivity (Wildman–Crippen MR) is 147 cm³/mol. The van der Waals surface area contributed by atoms with Crippen LogP contribution < -0.4 is 15.4 Å². The van der Waals surface area contributed by atoms with Gasteiger partial charge in [0.05, 0.1) is 19.2 Å². The third kappa shape index (κ3) is 7.34. The van der Waals surface area contributed by atoms with Crippen molar-refractivity contribution in [3.8, 4) is 5.75 Å². The molecule has 0 aromatic heterocycles. The van der Waals surface area contributed by atoms with E-state index in [0.29, 0.717) is 5.56 Å². The second-order valence-corrected chi connectivity index (χ2v) is 9.84. The number of rotatable bonds is 11. The number of nitrogens with one attached hydrogen (secondary N) is 2. The van der Waals surface area contributed by atoms with Crippen molar-refractivity contribution in [2.75, 3.05) is 7.11 Å². The number of hydrogen-bond acceptors (Lipinski definition) is 5. The lowest BCUT2D eigenvalue weighted by Gasteiger charge is -2.28. The Morgan fingerprint density at radius 3 is 2.21 bits per heavy atom. The second-order valence-electron chi connectivity index (χ2n) is 9.84. The zero-order valence-electron chi connectivity index (χ0n) is 22.8. The number of nitrogens with zero attached hydrogens (tertiary/aromatic N) is 1. The third-order valence-electron chi connectivity index (χ3n) is 7.05. The van der Waals surface area contributed by atoms with Crippen molar-refractivity contribution in [2.24, 2.45) is 0 Å². The van der Waals surface area contributed by atoms with Gasteiger partial charge in [0.1, 0.15) is 17.8 Å². The van der Waals surface area contributed by atoms with Crippen molar-refractivity contribution in [3.05, 3.63) is 101 Å². The zero-order valence-corrected chi connectivity index (χ0v) is 22.8. The number of hydrogen-bond donors (Lipinski definition) is 2.